The van der Waals surface area contributed by atoms with E-state index in [1.807, 2.05) is 24.3 Å². The Morgan fingerprint density at radius 1 is 1.07 bits per heavy atom. The topological polar surface area (TPSA) is 63.7 Å². The Hall–Kier alpha value is -3.02. The second-order valence-corrected chi connectivity index (χ2v) is 6.39. The number of nitrogens with one attached hydrogen (secondary N) is 1. The van der Waals surface area contributed by atoms with Crippen LogP contribution in [0, 0.1) is 0 Å². The van der Waals surface area contributed by atoms with Gasteiger partial charge in [0.15, 0.2) is 11.5 Å². The van der Waals surface area contributed by atoms with E-state index in [-0.39, 0.29) is 5.91 Å². The lowest BCUT2D eigenvalue weighted by atomic mass is 10.1. The maximum Gasteiger partial charge on any atom is 0.248 e. The van der Waals surface area contributed by atoms with E-state index in [1.165, 1.54) is 25.3 Å². The van der Waals surface area contributed by atoms with E-state index < -0.39 is 0 Å². The van der Waals surface area contributed by atoms with E-state index in [9.17, 15) is 4.79 Å². The van der Waals surface area contributed by atoms with Crippen LogP contribution in [0.2, 0.25) is 0 Å². The Morgan fingerprint density at radius 3 is 2.52 bits per heavy atom. The number of ether oxygens (including phenoxy) is 2. The number of methoxy groups -OCH3 is 2. The number of carbonyl (C=O) groups is 1. The van der Waals surface area contributed by atoms with Gasteiger partial charge in [0.1, 0.15) is 5.82 Å². The highest BCUT2D eigenvalue weighted by molar-refractivity contribution is 6.01. The quantitative estimate of drug-likeness (QED) is 0.788. The fourth-order valence-electron chi connectivity index (χ4n) is 3.08. The van der Waals surface area contributed by atoms with E-state index in [4.69, 9.17) is 9.47 Å². The summed E-state index contributed by atoms with van der Waals surface area (Å²) in [4.78, 5) is 18.9. The number of rotatable bonds is 6. The number of carbonyl (C=O) groups excluding carboxylic acids is 1. The molecular formula is C21H25N3O3. The van der Waals surface area contributed by atoms with Crippen molar-refractivity contribution in [3.05, 3.63) is 48.2 Å². The summed E-state index contributed by atoms with van der Waals surface area (Å²) in [5, 5.41) is 2.83. The second-order valence-electron chi connectivity index (χ2n) is 6.39. The zero-order valence-corrected chi connectivity index (χ0v) is 15.8. The summed E-state index contributed by atoms with van der Waals surface area (Å²) in [6, 6.07) is 9.33. The van der Waals surface area contributed by atoms with Crippen LogP contribution < -0.4 is 19.7 Å². The molecular weight excluding hydrogens is 342 g/mol. The molecule has 1 aromatic carbocycles. The Morgan fingerprint density at radius 2 is 1.85 bits per heavy atom. The Bertz CT molecular complexity index is 797. The van der Waals surface area contributed by atoms with Crippen molar-refractivity contribution in [3.63, 3.8) is 0 Å². The molecule has 1 N–H and O–H groups in total. The average Bonchev–Trinajstić information content (AvgIpc) is 2.73. The van der Waals surface area contributed by atoms with Gasteiger partial charge in [0.25, 0.3) is 0 Å². The molecule has 0 saturated carbocycles. The number of nitrogens with zero attached hydrogens (tertiary/aromatic N) is 2. The summed E-state index contributed by atoms with van der Waals surface area (Å²) in [5.41, 5.74) is 1.53. The van der Waals surface area contributed by atoms with Gasteiger partial charge in [-0.15, -0.1) is 0 Å². The lowest BCUT2D eigenvalue weighted by Gasteiger charge is -2.27. The van der Waals surface area contributed by atoms with Gasteiger partial charge in [-0.05, 0) is 55.2 Å². The lowest BCUT2D eigenvalue weighted by Crippen LogP contribution is -2.30. The lowest BCUT2D eigenvalue weighted by molar-refractivity contribution is -0.111. The molecule has 1 fully saturated rings. The predicted molar refractivity (Wildman–Crippen MR) is 108 cm³/mol. The molecule has 0 aliphatic carbocycles. The third kappa shape index (κ3) is 5.00. The number of aromatic nitrogens is 1. The number of piperidine rings is 1. The number of amides is 1. The molecule has 0 atom stereocenters. The molecule has 1 amide bonds. The predicted octanol–water partition coefficient (Wildman–Crippen LogP) is 3.74. The van der Waals surface area contributed by atoms with Crippen LogP contribution in [-0.2, 0) is 4.79 Å². The molecule has 1 saturated heterocycles. The maximum atomic E-state index is 12.2. The van der Waals surface area contributed by atoms with Gasteiger partial charge >= 0.3 is 0 Å². The van der Waals surface area contributed by atoms with Gasteiger partial charge in [-0.25, -0.2) is 4.98 Å². The third-order valence-electron chi connectivity index (χ3n) is 4.53. The number of pyridine rings is 1. The molecule has 0 unspecified atom stereocenters. The van der Waals surface area contributed by atoms with Crippen molar-refractivity contribution in [2.45, 2.75) is 19.3 Å². The van der Waals surface area contributed by atoms with Crippen molar-refractivity contribution in [1.29, 1.82) is 0 Å². The van der Waals surface area contributed by atoms with Crippen LogP contribution in [0.3, 0.4) is 0 Å². The van der Waals surface area contributed by atoms with Crippen LogP contribution in [0.5, 0.6) is 11.5 Å². The largest absolute Gasteiger partial charge is 0.493 e. The van der Waals surface area contributed by atoms with Gasteiger partial charge in [0.05, 0.1) is 26.1 Å². The van der Waals surface area contributed by atoms with Crippen LogP contribution in [0.4, 0.5) is 11.5 Å². The molecule has 2 heterocycles. The summed E-state index contributed by atoms with van der Waals surface area (Å²) in [7, 11) is 3.17. The highest BCUT2D eigenvalue weighted by atomic mass is 16.5. The minimum absolute atomic E-state index is 0.211. The monoisotopic (exact) mass is 367 g/mol. The van der Waals surface area contributed by atoms with Crippen LogP contribution in [0.15, 0.2) is 42.6 Å². The molecule has 3 rings (SSSR count). The van der Waals surface area contributed by atoms with Crippen LogP contribution >= 0.6 is 0 Å². The molecule has 1 aromatic heterocycles. The van der Waals surface area contributed by atoms with Gasteiger partial charge in [-0.2, -0.15) is 0 Å². The minimum atomic E-state index is -0.211. The molecule has 1 aliphatic heterocycles. The fraction of sp³-hybridized carbons (Fsp3) is 0.333. The summed E-state index contributed by atoms with van der Waals surface area (Å²) < 4.78 is 10.5. The first-order chi connectivity index (χ1) is 13.2. The van der Waals surface area contributed by atoms with Crippen molar-refractivity contribution in [2.24, 2.45) is 0 Å². The highest BCUT2D eigenvalue weighted by Crippen LogP contribution is 2.28. The van der Waals surface area contributed by atoms with Gasteiger partial charge in [-0.1, -0.05) is 6.07 Å². The summed E-state index contributed by atoms with van der Waals surface area (Å²) in [5.74, 6) is 2.03. The molecule has 6 heteroatoms. The third-order valence-corrected chi connectivity index (χ3v) is 4.53. The number of benzene rings is 1. The first-order valence-corrected chi connectivity index (χ1v) is 9.11. The minimum Gasteiger partial charge on any atom is -0.493 e. The first-order valence-electron chi connectivity index (χ1n) is 9.11. The van der Waals surface area contributed by atoms with E-state index in [0.29, 0.717) is 17.2 Å². The van der Waals surface area contributed by atoms with E-state index in [2.05, 4.69) is 15.2 Å². The maximum absolute atomic E-state index is 12.2. The Kier molecular flexibility index (Phi) is 6.30. The molecule has 0 bridgehead atoms. The molecule has 27 heavy (non-hydrogen) atoms. The van der Waals surface area contributed by atoms with Crippen molar-refractivity contribution in [1.82, 2.24) is 4.98 Å². The fourth-order valence-corrected chi connectivity index (χ4v) is 3.08. The van der Waals surface area contributed by atoms with Crippen LogP contribution in [0.25, 0.3) is 6.08 Å². The number of hydrogen-bond donors (Lipinski definition) is 1. The molecule has 142 valence electrons. The van der Waals surface area contributed by atoms with Gasteiger partial charge in [0, 0.05) is 19.2 Å². The molecule has 0 spiro atoms. The first kappa shape index (κ1) is 18.8. The highest BCUT2D eigenvalue weighted by Gasteiger charge is 2.11. The summed E-state index contributed by atoms with van der Waals surface area (Å²) >= 11 is 0. The van der Waals surface area contributed by atoms with E-state index >= 15 is 0 Å². The van der Waals surface area contributed by atoms with Gasteiger partial charge < -0.3 is 19.7 Å². The van der Waals surface area contributed by atoms with Crippen molar-refractivity contribution >= 4 is 23.5 Å². The zero-order valence-electron chi connectivity index (χ0n) is 15.8. The summed E-state index contributed by atoms with van der Waals surface area (Å²) in [6.45, 7) is 2.10. The number of hydrogen-bond acceptors (Lipinski definition) is 5. The Labute approximate surface area is 159 Å². The molecule has 0 radical (unpaired) electrons. The van der Waals surface area contributed by atoms with Crippen molar-refractivity contribution in [3.8, 4) is 11.5 Å². The van der Waals surface area contributed by atoms with E-state index in [1.54, 1.807) is 32.6 Å². The van der Waals surface area contributed by atoms with Crippen LogP contribution in [0.1, 0.15) is 24.8 Å². The molecule has 1 aliphatic rings. The van der Waals surface area contributed by atoms with Crippen LogP contribution in [-0.4, -0.2) is 38.2 Å². The smallest absolute Gasteiger partial charge is 0.248 e. The standard InChI is InChI=1S/C21H25N3O3/c1-26-18-9-6-16(14-19(18)27-2)7-11-21(25)23-17-8-10-20(22-15-17)24-12-4-3-5-13-24/h6-11,14-15H,3-5,12-13H2,1-2H3,(H,23,25)/b11-7+. The normalized spacial score (nSPS) is 14.2. The average molecular weight is 367 g/mol. The SMILES string of the molecule is COc1ccc(/C=C/C(=O)Nc2ccc(N3CCCCC3)nc2)cc1OC. The molecule has 2 aromatic rings. The van der Waals surface area contributed by atoms with Crippen molar-refractivity contribution in [2.75, 3.05) is 37.5 Å². The van der Waals surface area contributed by atoms with Crippen molar-refractivity contribution < 1.29 is 14.3 Å². The van der Waals surface area contributed by atoms with Gasteiger partial charge in [0.2, 0.25) is 5.91 Å². The Balaban J connectivity index is 1.59. The second kappa shape index (κ2) is 9.07. The zero-order chi connectivity index (χ0) is 19.1. The summed E-state index contributed by atoms with van der Waals surface area (Å²) in [6.07, 6.45) is 8.62. The number of anilines is 2. The van der Waals surface area contributed by atoms with Gasteiger partial charge in [-0.3, -0.25) is 4.79 Å². The van der Waals surface area contributed by atoms with E-state index in [0.717, 1.165) is 24.5 Å². The molecule has 6 nitrogen and oxygen atoms in total.